The molecule has 0 atom stereocenters. The minimum atomic E-state index is -0.227. The van der Waals surface area contributed by atoms with E-state index in [9.17, 15) is 4.79 Å². The predicted molar refractivity (Wildman–Crippen MR) is 74.3 cm³/mol. The van der Waals surface area contributed by atoms with Gasteiger partial charge in [-0.2, -0.15) is 0 Å². The number of benzene rings is 1. The Kier molecular flexibility index (Phi) is 3.66. The Morgan fingerprint density at radius 3 is 2.79 bits per heavy atom. The first-order valence-electron chi connectivity index (χ1n) is 5.77. The van der Waals surface area contributed by atoms with Crippen molar-refractivity contribution in [3.05, 3.63) is 47.8 Å². The summed E-state index contributed by atoms with van der Waals surface area (Å²) < 4.78 is 5.18. The van der Waals surface area contributed by atoms with Crippen LogP contribution in [0.4, 0.5) is 11.4 Å². The number of hydrogen-bond donors (Lipinski definition) is 2. The molecule has 5 heteroatoms. The number of rotatable bonds is 3. The van der Waals surface area contributed by atoms with Crippen molar-refractivity contribution < 1.29 is 9.53 Å². The lowest BCUT2D eigenvalue weighted by Crippen LogP contribution is -2.13. The molecule has 1 aromatic heterocycles. The van der Waals surface area contributed by atoms with Crippen LogP contribution in [0.25, 0.3) is 0 Å². The highest BCUT2D eigenvalue weighted by molar-refractivity contribution is 6.05. The molecule has 0 spiro atoms. The van der Waals surface area contributed by atoms with Gasteiger partial charge in [0, 0.05) is 23.1 Å². The van der Waals surface area contributed by atoms with E-state index in [2.05, 4.69) is 10.3 Å². The molecule has 0 fully saturated rings. The topological polar surface area (TPSA) is 77.2 Å². The van der Waals surface area contributed by atoms with E-state index in [1.807, 2.05) is 6.92 Å². The van der Waals surface area contributed by atoms with E-state index in [4.69, 9.17) is 10.5 Å². The lowest BCUT2D eigenvalue weighted by atomic mass is 10.2. The molecule has 0 saturated heterocycles. The number of nitrogen functional groups attached to an aromatic ring is 1. The summed E-state index contributed by atoms with van der Waals surface area (Å²) >= 11 is 0. The Morgan fingerprint density at radius 2 is 2.11 bits per heavy atom. The first kappa shape index (κ1) is 12.9. The summed E-state index contributed by atoms with van der Waals surface area (Å²) in [5, 5.41) is 2.77. The lowest BCUT2D eigenvalue weighted by molar-refractivity contribution is 0.102. The van der Waals surface area contributed by atoms with Crippen LogP contribution in [0.2, 0.25) is 0 Å². The van der Waals surface area contributed by atoms with Gasteiger partial charge in [-0.1, -0.05) is 0 Å². The molecule has 1 amide bonds. The molecule has 0 aliphatic carbocycles. The Hall–Kier alpha value is -2.56. The Morgan fingerprint density at radius 1 is 1.32 bits per heavy atom. The lowest BCUT2D eigenvalue weighted by Gasteiger charge is -2.11. The third kappa shape index (κ3) is 3.01. The van der Waals surface area contributed by atoms with Crippen LogP contribution in [0.3, 0.4) is 0 Å². The third-order valence-corrected chi connectivity index (χ3v) is 2.63. The molecule has 2 rings (SSSR count). The minimum absolute atomic E-state index is 0.227. The number of methoxy groups -OCH3 is 1. The molecule has 5 nitrogen and oxygen atoms in total. The number of carbonyl (C=O) groups excluding carboxylic acids is 1. The van der Waals surface area contributed by atoms with Crippen molar-refractivity contribution in [2.75, 3.05) is 18.2 Å². The number of pyridine rings is 1. The summed E-state index contributed by atoms with van der Waals surface area (Å²) in [5.74, 6) is 0.336. The average Bonchev–Trinajstić information content (AvgIpc) is 2.39. The van der Waals surface area contributed by atoms with Crippen molar-refractivity contribution in [2.24, 2.45) is 0 Å². The zero-order valence-corrected chi connectivity index (χ0v) is 10.8. The van der Waals surface area contributed by atoms with Gasteiger partial charge >= 0.3 is 0 Å². The average molecular weight is 257 g/mol. The van der Waals surface area contributed by atoms with Crippen LogP contribution in [0.5, 0.6) is 5.75 Å². The molecule has 0 saturated carbocycles. The molecular weight excluding hydrogens is 242 g/mol. The molecule has 3 N–H and O–H groups in total. The van der Waals surface area contributed by atoms with Crippen LogP contribution < -0.4 is 15.8 Å². The second-order valence-corrected chi connectivity index (χ2v) is 4.10. The fraction of sp³-hybridized carbons (Fsp3) is 0.143. The molecule has 0 aliphatic rings. The van der Waals surface area contributed by atoms with Crippen molar-refractivity contribution in [2.45, 2.75) is 6.92 Å². The predicted octanol–water partition coefficient (Wildman–Crippen LogP) is 2.23. The first-order chi connectivity index (χ1) is 9.10. The number of ether oxygens (including phenoxy) is 1. The van der Waals surface area contributed by atoms with Gasteiger partial charge < -0.3 is 15.8 Å². The molecule has 0 aliphatic heterocycles. The highest BCUT2D eigenvalue weighted by atomic mass is 16.5. The summed E-state index contributed by atoms with van der Waals surface area (Å²) in [6, 6.07) is 8.45. The van der Waals surface area contributed by atoms with Crippen LogP contribution in [0.15, 0.2) is 36.5 Å². The van der Waals surface area contributed by atoms with Gasteiger partial charge in [-0.05, 0) is 37.3 Å². The standard InChI is InChI=1S/C14H15N3O2/c1-9-7-10(5-6-16-9)14(18)17-12-8-11(15)3-4-13(12)19-2/h3-8H,15H2,1-2H3,(H,17,18). The molecule has 19 heavy (non-hydrogen) atoms. The highest BCUT2D eigenvalue weighted by Crippen LogP contribution is 2.26. The van der Waals surface area contributed by atoms with Gasteiger partial charge in [0.05, 0.1) is 12.8 Å². The SMILES string of the molecule is COc1ccc(N)cc1NC(=O)c1ccnc(C)c1. The monoisotopic (exact) mass is 257 g/mol. The number of nitrogens with two attached hydrogens (primary N) is 1. The van der Waals surface area contributed by atoms with E-state index in [-0.39, 0.29) is 5.91 Å². The molecule has 1 heterocycles. The van der Waals surface area contributed by atoms with Gasteiger partial charge in [0.15, 0.2) is 0 Å². The first-order valence-corrected chi connectivity index (χ1v) is 5.77. The summed E-state index contributed by atoms with van der Waals surface area (Å²) in [6.07, 6.45) is 1.60. The molecule has 0 bridgehead atoms. The number of aryl methyl sites for hydroxylation is 1. The summed E-state index contributed by atoms with van der Waals surface area (Å²) in [7, 11) is 1.54. The van der Waals surface area contributed by atoms with Crippen LogP contribution in [0.1, 0.15) is 16.1 Å². The van der Waals surface area contributed by atoms with E-state index in [0.717, 1.165) is 5.69 Å². The Labute approximate surface area is 111 Å². The normalized spacial score (nSPS) is 10.0. The van der Waals surface area contributed by atoms with Crippen LogP contribution in [-0.2, 0) is 0 Å². The summed E-state index contributed by atoms with van der Waals surface area (Å²) in [4.78, 5) is 16.2. The van der Waals surface area contributed by atoms with E-state index in [0.29, 0.717) is 22.7 Å². The molecule has 0 radical (unpaired) electrons. The fourth-order valence-corrected chi connectivity index (χ4v) is 1.70. The van der Waals surface area contributed by atoms with E-state index >= 15 is 0 Å². The molecule has 1 aromatic carbocycles. The van der Waals surface area contributed by atoms with E-state index in [1.54, 1.807) is 36.5 Å². The van der Waals surface area contributed by atoms with Gasteiger partial charge in [-0.25, -0.2) is 0 Å². The van der Waals surface area contributed by atoms with E-state index in [1.165, 1.54) is 7.11 Å². The van der Waals surface area contributed by atoms with Crippen molar-refractivity contribution in [1.82, 2.24) is 4.98 Å². The van der Waals surface area contributed by atoms with Crippen molar-refractivity contribution in [3.8, 4) is 5.75 Å². The van der Waals surface area contributed by atoms with E-state index < -0.39 is 0 Å². The summed E-state index contributed by atoms with van der Waals surface area (Å²) in [6.45, 7) is 1.83. The highest BCUT2D eigenvalue weighted by Gasteiger charge is 2.10. The number of amides is 1. The smallest absolute Gasteiger partial charge is 0.255 e. The number of nitrogens with one attached hydrogen (secondary N) is 1. The van der Waals surface area contributed by atoms with Gasteiger partial charge in [0.1, 0.15) is 5.75 Å². The second kappa shape index (κ2) is 5.39. The van der Waals surface area contributed by atoms with Crippen LogP contribution in [-0.4, -0.2) is 18.0 Å². The van der Waals surface area contributed by atoms with Crippen molar-refractivity contribution in [1.29, 1.82) is 0 Å². The number of carbonyl (C=O) groups is 1. The third-order valence-electron chi connectivity index (χ3n) is 2.63. The van der Waals surface area contributed by atoms with Crippen LogP contribution >= 0.6 is 0 Å². The fourth-order valence-electron chi connectivity index (χ4n) is 1.70. The zero-order valence-electron chi connectivity index (χ0n) is 10.8. The van der Waals surface area contributed by atoms with Crippen LogP contribution in [0, 0.1) is 6.92 Å². The minimum Gasteiger partial charge on any atom is -0.495 e. The Bertz CT molecular complexity index is 611. The largest absolute Gasteiger partial charge is 0.495 e. The molecular formula is C14H15N3O2. The number of hydrogen-bond acceptors (Lipinski definition) is 4. The maximum absolute atomic E-state index is 12.1. The van der Waals surface area contributed by atoms with Gasteiger partial charge in [-0.15, -0.1) is 0 Å². The maximum Gasteiger partial charge on any atom is 0.255 e. The molecule has 0 unspecified atom stereocenters. The molecule has 2 aromatic rings. The number of anilines is 2. The zero-order chi connectivity index (χ0) is 13.8. The second-order valence-electron chi connectivity index (χ2n) is 4.10. The summed E-state index contributed by atoms with van der Waals surface area (Å²) in [5.41, 5.74) is 8.13. The quantitative estimate of drug-likeness (QED) is 0.827. The van der Waals surface area contributed by atoms with Crippen molar-refractivity contribution in [3.63, 3.8) is 0 Å². The van der Waals surface area contributed by atoms with Gasteiger partial charge in [-0.3, -0.25) is 9.78 Å². The number of aromatic nitrogens is 1. The van der Waals surface area contributed by atoms with Gasteiger partial charge in [0.25, 0.3) is 5.91 Å². The Balaban J connectivity index is 2.26. The van der Waals surface area contributed by atoms with Gasteiger partial charge in [0.2, 0.25) is 0 Å². The number of nitrogens with zero attached hydrogens (tertiary/aromatic N) is 1. The molecule has 98 valence electrons. The van der Waals surface area contributed by atoms with Crippen molar-refractivity contribution >= 4 is 17.3 Å². The maximum atomic E-state index is 12.1.